The highest BCUT2D eigenvalue weighted by Crippen LogP contribution is 2.40. The van der Waals surface area contributed by atoms with Crippen LogP contribution in [0.2, 0.25) is 0 Å². The summed E-state index contributed by atoms with van der Waals surface area (Å²) in [7, 11) is 3.20. The number of hydrogen-bond acceptors (Lipinski definition) is 6. The molecule has 3 aromatic carbocycles. The Labute approximate surface area is 185 Å². The van der Waals surface area contributed by atoms with E-state index in [0.717, 1.165) is 11.1 Å². The van der Waals surface area contributed by atoms with Gasteiger partial charge in [-0.3, -0.25) is 0 Å². The van der Waals surface area contributed by atoms with Crippen molar-refractivity contribution in [2.24, 2.45) is 0 Å². The quantitative estimate of drug-likeness (QED) is 0.359. The smallest absolute Gasteiger partial charge is 0.157 e. The fourth-order valence-corrected chi connectivity index (χ4v) is 4.45. The monoisotopic (exact) mass is 430 g/mol. The fourth-order valence-electron chi connectivity index (χ4n) is 3.61. The van der Waals surface area contributed by atoms with Crippen LogP contribution in [0.5, 0.6) is 11.5 Å². The summed E-state index contributed by atoms with van der Waals surface area (Å²) in [6.45, 7) is 0.410. The lowest BCUT2D eigenvalue weighted by molar-refractivity contribution is 0.0255. The van der Waals surface area contributed by atoms with Gasteiger partial charge in [0, 0.05) is 24.8 Å². The Kier molecular flexibility index (Phi) is 6.17. The number of aromatic nitrogens is 1. The maximum absolute atomic E-state index is 9.51. The van der Waals surface area contributed by atoms with E-state index in [4.69, 9.17) is 14.2 Å². The van der Waals surface area contributed by atoms with Crippen LogP contribution in [-0.4, -0.2) is 19.2 Å². The summed E-state index contributed by atoms with van der Waals surface area (Å²) in [5.74, 6) is 1.26. The highest BCUT2D eigenvalue weighted by Gasteiger charge is 2.38. The zero-order valence-corrected chi connectivity index (χ0v) is 18.2. The molecule has 156 valence electrons. The van der Waals surface area contributed by atoms with Crippen molar-refractivity contribution in [1.82, 2.24) is 4.98 Å². The summed E-state index contributed by atoms with van der Waals surface area (Å²) in [4.78, 5) is 4.42. The van der Waals surface area contributed by atoms with Gasteiger partial charge in [0.1, 0.15) is 23.1 Å². The molecule has 1 atom stereocenters. The lowest BCUT2D eigenvalue weighted by Crippen LogP contribution is -2.29. The first-order valence-corrected chi connectivity index (χ1v) is 10.7. The Morgan fingerprint density at radius 1 is 1.00 bits per heavy atom. The average molecular weight is 431 g/mol. The molecular weight excluding hydrogens is 408 g/mol. The number of methoxy groups -OCH3 is 2. The maximum atomic E-state index is 9.51. The summed E-state index contributed by atoms with van der Waals surface area (Å²) in [6, 6.07) is 22.4. The lowest BCUT2D eigenvalue weighted by Gasteiger charge is -2.29. The van der Waals surface area contributed by atoms with Crippen LogP contribution in [0.15, 0.2) is 72.2 Å². The van der Waals surface area contributed by atoms with Crippen molar-refractivity contribution in [3.05, 3.63) is 88.4 Å². The molecule has 1 aromatic heterocycles. The largest absolute Gasteiger partial charge is 0.497 e. The number of hydrogen-bond donors (Lipinski definition) is 0. The molecule has 0 spiro atoms. The van der Waals surface area contributed by atoms with E-state index >= 15 is 0 Å². The van der Waals surface area contributed by atoms with Gasteiger partial charge in [-0.25, -0.2) is 4.98 Å². The van der Waals surface area contributed by atoms with Crippen LogP contribution in [0.4, 0.5) is 0 Å². The zero-order chi connectivity index (χ0) is 21.7. The molecule has 0 aliphatic heterocycles. The van der Waals surface area contributed by atoms with Crippen LogP contribution in [0.25, 0.3) is 10.8 Å². The van der Waals surface area contributed by atoms with Crippen LogP contribution in [0, 0.1) is 11.3 Å². The number of rotatable bonds is 8. The molecule has 0 N–H and O–H groups in total. The molecule has 0 amide bonds. The van der Waals surface area contributed by atoms with E-state index in [1.165, 1.54) is 22.1 Å². The molecule has 1 heterocycles. The number of fused-ring (bicyclic) bond motifs is 1. The Hall–Kier alpha value is -3.40. The van der Waals surface area contributed by atoms with E-state index in [9.17, 15) is 5.26 Å². The second kappa shape index (κ2) is 9.17. The number of nitrogens with zero attached hydrogens (tertiary/aromatic N) is 2. The van der Waals surface area contributed by atoms with E-state index in [0.29, 0.717) is 23.1 Å². The predicted molar refractivity (Wildman–Crippen MR) is 121 cm³/mol. The Balaban J connectivity index is 1.67. The highest BCUT2D eigenvalue weighted by atomic mass is 32.1. The van der Waals surface area contributed by atoms with E-state index < -0.39 is 5.60 Å². The first-order chi connectivity index (χ1) is 15.2. The summed E-state index contributed by atoms with van der Waals surface area (Å²) < 4.78 is 17.5. The topological polar surface area (TPSA) is 64.4 Å². The van der Waals surface area contributed by atoms with E-state index in [2.05, 4.69) is 41.4 Å². The first kappa shape index (κ1) is 20.9. The van der Waals surface area contributed by atoms with Crippen molar-refractivity contribution in [3.63, 3.8) is 0 Å². The molecule has 0 bridgehead atoms. The summed E-state index contributed by atoms with van der Waals surface area (Å²) in [6.07, 6.45) is 1.83. The second-order valence-corrected chi connectivity index (χ2v) is 7.97. The summed E-state index contributed by atoms with van der Waals surface area (Å²) in [5, 5.41) is 14.5. The molecule has 0 aliphatic carbocycles. The van der Waals surface area contributed by atoms with Crippen LogP contribution in [-0.2, 0) is 16.9 Å². The minimum Gasteiger partial charge on any atom is -0.497 e. The van der Waals surface area contributed by atoms with Gasteiger partial charge >= 0.3 is 0 Å². The van der Waals surface area contributed by atoms with Gasteiger partial charge in [-0.05, 0) is 40.1 Å². The molecule has 0 radical (unpaired) electrons. The van der Waals surface area contributed by atoms with Crippen molar-refractivity contribution in [1.29, 1.82) is 5.26 Å². The minimum absolute atomic E-state index is 0.119. The molecule has 1 unspecified atom stereocenters. The fraction of sp³-hybridized carbons (Fsp3) is 0.200. The molecular formula is C25H22N2O3S. The van der Waals surface area contributed by atoms with Crippen LogP contribution in [0.1, 0.15) is 22.6 Å². The van der Waals surface area contributed by atoms with Crippen molar-refractivity contribution in [2.45, 2.75) is 18.6 Å². The summed E-state index contributed by atoms with van der Waals surface area (Å²) in [5.41, 5.74) is 0.843. The maximum Gasteiger partial charge on any atom is 0.157 e. The van der Waals surface area contributed by atoms with E-state index in [-0.39, 0.29) is 6.42 Å². The molecule has 5 nitrogen and oxygen atoms in total. The number of ether oxygens (including phenoxy) is 3. The van der Waals surface area contributed by atoms with Crippen LogP contribution < -0.4 is 9.47 Å². The summed E-state index contributed by atoms with van der Waals surface area (Å²) >= 11 is 1.45. The number of thiazole rings is 1. The Morgan fingerprint density at radius 2 is 1.81 bits per heavy atom. The van der Waals surface area contributed by atoms with Crippen LogP contribution >= 0.6 is 11.3 Å². The van der Waals surface area contributed by atoms with Crippen molar-refractivity contribution in [3.8, 4) is 17.6 Å². The molecule has 31 heavy (non-hydrogen) atoms. The standard InChI is InChI=1S/C25H22N2O3S/c1-28-22-14-21(25(29-2,9-10-26)24-27-11-12-31-24)15-23(16-22)30-17-18-7-8-19-5-3-4-6-20(19)13-18/h3-8,11-16H,9,17H2,1-2H3. The van der Waals surface area contributed by atoms with Gasteiger partial charge in [-0.1, -0.05) is 36.4 Å². The molecule has 4 rings (SSSR count). The van der Waals surface area contributed by atoms with Gasteiger partial charge in [-0.15, -0.1) is 11.3 Å². The van der Waals surface area contributed by atoms with E-state index in [1.807, 2.05) is 35.7 Å². The van der Waals surface area contributed by atoms with Gasteiger partial charge in [0.2, 0.25) is 0 Å². The van der Waals surface area contributed by atoms with Crippen LogP contribution in [0.3, 0.4) is 0 Å². The predicted octanol–water partition coefficient (Wildman–Crippen LogP) is 5.69. The molecule has 6 heteroatoms. The number of benzene rings is 3. The van der Waals surface area contributed by atoms with Gasteiger partial charge < -0.3 is 14.2 Å². The number of nitriles is 1. The minimum atomic E-state index is -0.988. The second-order valence-electron chi connectivity index (χ2n) is 7.07. The van der Waals surface area contributed by atoms with Crippen molar-refractivity contribution in [2.75, 3.05) is 14.2 Å². The van der Waals surface area contributed by atoms with Gasteiger partial charge in [0.15, 0.2) is 5.60 Å². The third-order valence-electron chi connectivity index (χ3n) is 5.26. The highest BCUT2D eigenvalue weighted by molar-refractivity contribution is 7.09. The van der Waals surface area contributed by atoms with Gasteiger partial charge in [0.05, 0.1) is 19.6 Å². The molecule has 0 saturated carbocycles. The third-order valence-corrected chi connectivity index (χ3v) is 6.17. The zero-order valence-electron chi connectivity index (χ0n) is 17.4. The van der Waals surface area contributed by atoms with E-state index in [1.54, 1.807) is 20.4 Å². The molecule has 0 fully saturated rings. The van der Waals surface area contributed by atoms with Crippen molar-refractivity contribution < 1.29 is 14.2 Å². The third kappa shape index (κ3) is 4.24. The lowest BCUT2D eigenvalue weighted by atomic mass is 9.90. The van der Waals surface area contributed by atoms with Gasteiger partial charge in [-0.2, -0.15) is 5.26 Å². The Morgan fingerprint density at radius 3 is 2.52 bits per heavy atom. The average Bonchev–Trinajstić information content (AvgIpc) is 3.36. The normalized spacial score (nSPS) is 12.8. The molecule has 0 saturated heterocycles. The Bertz CT molecular complexity index is 1220. The SMILES string of the molecule is COc1cc(OCc2ccc3ccccc3c2)cc(C(CC#N)(OC)c2nccs2)c1. The van der Waals surface area contributed by atoms with Crippen molar-refractivity contribution >= 4 is 22.1 Å². The first-order valence-electron chi connectivity index (χ1n) is 9.80. The molecule has 0 aliphatic rings. The molecule has 4 aromatic rings. The van der Waals surface area contributed by atoms with Gasteiger partial charge in [0.25, 0.3) is 0 Å².